The van der Waals surface area contributed by atoms with Gasteiger partial charge in [0.25, 0.3) is 0 Å². The van der Waals surface area contributed by atoms with Crippen molar-refractivity contribution in [3.8, 4) is 0 Å². The van der Waals surface area contributed by atoms with Crippen LogP contribution in [0.25, 0.3) is 0 Å². The summed E-state index contributed by atoms with van der Waals surface area (Å²) in [5.41, 5.74) is 7.32. The van der Waals surface area contributed by atoms with Crippen LogP contribution < -0.4 is 11.1 Å². The van der Waals surface area contributed by atoms with Crippen molar-refractivity contribution in [1.82, 2.24) is 9.78 Å². The summed E-state index contributed by atoms with van der Waals surface area (Å²) in [5.74, 6) is -0.0303. The summed E-state index contributed by atoms with van der Waals surface area (Å²) in [7, 11) is 0. The maximum atomic E-state index is 10.9. The Morgan fingerprint density at radius 2 is 2.19 bits per heavy atom. The normalized spacial score (nSPS) is 10.8. The van der Waals surface area contributed by atoms with E-state index >= 15 is 0 Å². The molecule has 0 saturated heterocycles. The van der Waals surface area contributed by atoms with Crippen LogP contribution in [0, 0.1) is 0 Å². The maximum absolute atomic E-state index is 10.9. The first-order valence-corrected chi connectivity index (χ1v) is 7.82. The molecule has 6 heteroatoms. The molecular formula is C15H20N4OS. The van der Waals surface area contributed by atoms with Gasteiger partial charge in [-0.25, -0.2) is 0 Å². The highest BCUT2D eigenvalue weighted by Crippen LogP contribution is 2.27. The number of benzene rings is 1. The van der Waals surface area contributed by atoms with Gasteiger partial charge < -0.3 is 11.1 Å². The summed E-state index contributed by atoms with van der Waals surface area (Å²) in [6, 6.07) is 8.25. The van der Waals surface area contributed by atoms with Crippen molar-refractivity contribution in [2.75, 3.05) is 11.1 Å². The number of hydrogen-bond acceptors (Lipinski definition) is 4. The van der Waals surface area contributed by atoms with Crippen LogP contribution in [0.2, 0.25) is 0 Å². The van der Waals surface area contributed by atoms with Gasteiger partial charge in [-0.05, 0) is 26.0 Å². The minimum absolute atomic E-state index is 0.282. The molecule has 0 bridgehead atoms. The zero-order valence-electron chi connectivity index (χ0n) is 12.2. The van der Waals surface area contributed by atoms with Crippen LogP contribution in [0.5, 0.6) is 0 Å². The molecule has 0 fully saturated rings. The number of carbonyl (C=O) groups is 1. The number of nitrogens with one attached hydrogen (secondary N) is 1. The summed E-state index contributed by atoms with van der Waals surface area (Å²) in [5, 5.41) is 7.70. The molecule has 21 heavy (non-hydrogen) atoms. The molecule has 0 spiro atoms. The highest BCUT2D eigenvalue weighted by atomic mass is 32.2. The SMILES string of the molecule is CC(C)n1cc(CNc2ccccc2SCC(N)=O)cn1. The Morgan fingerprint density at radius 1 is 1.43 bits per heavy atom. The number of anilines is 1. The first-order valence-electron chi connectivity index (χ1n) is 6.83. The van der Waals surface area contributed by atoms with E-state index < -0.39 is 0 Å². The third-order valence-electron chi connectivity index (χ3n) is 2.92. The van der Waals surface area contributed by atoms with Crippen LogP contribution in [0.4, 0.5) is 5.69 Å². The van der Waals surface area contributed by atoms with E-state index in [1.54, 1.807) is 0 Å². The number of thioether (sulfide) groups is 1. The summed E-state index contributed by atoms with van der Waals surface area (Å²) in [6.07, 6.45) is 3.91. The highest BCUT2D eigenvalue weighted by Gasteiger charge is 2.06. The lowest BCUT2D eigenvalue weighted by atomic mass is 10.3. The van der Waals surface area contributed by atoms with Crippen molar-refractivity contribution in [1.29, 1.82) is 0 Å². The van der Waals surface area contributed by atoms with Gasteiger partial charge in [0, 0.05) is 34.9 Å². The van der Waals surface area contributed by atoms with E-state index in [9.17, 15) is 4.79 Å². The summed E-state index contributed by atoms with van der Waals surface area (Å²) < 4.78 is 1.94. The quantitative estimate of drug-likeness (QED) is 0.771. The molecule has 0 aliphatic carbocycles. The molecule has 0 aliphatic heterocycles. The minimum atomic E-state index is -0.312. The Balaban J connectivity index is 2.00. The van der Waals surface area contributed by atoms with Gasteiger partial charge in [-0.3, -0.25) is 9.48 Å². The van der Waals surface area contributed by atoms with E-state index in [1.807, 2.05) is 41.3 Å². The van der Waals surface area contributed by atoms with Gasteiger partial charge in [-0.2, -0.15) is 5.10 Å². The van der Waals surface area contributed by atoms with E-state index in [0.717, 1.165) is 16.1 Å². The number of para-hydroxylation sites is 1. The third-order valence-corrected chi connectivity index (χ3v) is 4.02. The van der Waals surface area contributed by atoms with Crippen LogP contribution in [0.15, 0.2) is 41.6 Å². The van der Waals surface area contributed by atoms with Crippen LogP contribution in [0.1, 0.15) is 25.5 Å². The van der Waals surface area contributed by atoms with Gasteiger partial charge in [-0.1, -0.05) is 12.1 Å². The maximum Gasteiger partial charge on any atom is 0.227 e. The van der Waals surface area contributed by atoms with E-state index in [1.165, 1.54) is 11.8 Å². The van der Waals surface area contributed by atoms with Crippen LogP contribution >= 0.6 is 11.8 Å². The van der Waals surface area contributed by atoms with Crippen LogP contribution in [-0.2, 0) is 11.3 Å². The molecule has 5 nitrogen and oxygen atoms in total. The predicted molar refractivity (Wildman–Crippen MR) is 86.3 cm³/mol. The highest BCUT2D eigenvalue weighted by molar-refractivity contribution is 8.00. The lowest BCUT2D eigenvalue weighted by molar-refractivity contribution is -0.115. The first kappa shape index (κ1) is 15.4. The molecular weight excluding hydrogens is 284 g/mol. The molecule has 0 radical (unpaired) electrons. The van der Waals surface area contributed by atoms with Crippen molar-refractivity contribution in [3.63, 3.8) is 0 Å². The Hall–Kier alpha value is -1.95. The molecule has 0 saturated carbocycles. The standard InChI is InChI=1S/C15H20N4OS/c1-11(2)19-9-12(8-18-19)7-17-13-5-3-4-6-14(13)21-10-15(16)20/h3-6,8-9,11,17H,7,10H2,1-2H3,(H2,16,20). The summed E-state index contributed by atoms with van der Waals surface area (Å²) >= 11 is 1.44. The average molecular weight is 304 g/mol. The second-order valence-electron chi connectivity index (χ2n) is 5.03. The molecule has 1 amide bonds. The van der Waals surface area contributed by atoms with Gasteiger partial charge >= 0.3 is 0 Å². The van der Waals surface area contributed by atoms with Crippen molar-refractivity contribution >= 4 is 23.4 Å². The largest absolute Gasteiger partial charge is 0.380 e. The molecule has 2 rings (SSSR count). The van der Waals surface area contributed by atoms with Crippen LogP contribution in [0.3, 0.4) is 0 Å². The van der Waals surface area contributed by atoms with E-state index in [2.05, 4.69) is 24.3 Å². The van der Waals surface area contributed by atoms with E-state index in [-0.39, 0.29) is 11.7 Å². The van der Waals surface area contributed by atoms with Gasteiger partial charge in [0.05, 0.1) is 11.9 Å². The molecule has 1 aromatic heterocycles. The zero-order valence-corrected chi connectivity index (χ0v) is 13.1. The average Bonchev–Trinajstić information content (AvgIpc) is 2.93. The fraction of sp³-hybridized carbons (Fsp3) is 0.333. The lowest BCUT2D eigenvalue weighted by Gasteiger charge is -2.10. The number of primary amides is 1. The van der Waals surface area contributed by atoms with Crippen molar-refractivity contribution < 1.29 is 4.79 Å². The number of hydrogen-bond donors (Lipinski definition) is 2. The second kappa shape index (κ2) is 7.17. The van der Waals surface area contributed by atoms with Gasteiger partial charge in [-0.15, -0.1) is 11.8 Å². The molecule has 0 unspecified atom stereocenters. The molecule has 112 valence electrons. The third kappa shape index (κ3) is 4.53. The molecule has 0 atom stereocenters. The Morgan fingerprint density at radius 3 is 2.86 bits per heavy atom. The summed E-state index contributed by atoms with van der Waals surface area (Å²) in [6.45, 7) is 4.89. The number of nitrogens with zero attached hydrogens (tertiary/aromatic N) is 2. The molecule has 0 aliphatic rings. The van der Waals surface area contributed by atoms with E-state index in [4.69, 9.17) is 5.73 Å². The van der Waals surface area contributed by atoms with Crippen molar-refractivity contribution in [2.24, 2.45) is 5.73 Å². The molecule has 2 aromatic rings. The molecule has 3 N–H and O–H groups in total. The van der Waals surface area contributed by atoms with Crippen molar-refractivity contribution in [3.05, 3.63) is 42.2 Å². The fourth-order valence-corrected chi connectivity index (χ4v) is 2.60. The monoisotopic (exact) mass is 304 g/mol. The second-order valence-corrected chi connectivity index (χ2v) is 6.04. The minimum Gasteiger partial charge on any atom is -0.380 e. The number of amides is 1. The fourth-order valence-electron chi connectivity index (χ4n) is 1.84. The zero-order chi connectivity index (χ0) is 15.2. The Kier molecular flexibility index (Phi) is 5.27. The number of nitrogens with two attached hydrogens (primary N) is 1. The van der Waals surface area contributed by atoms with Crippen molar-refractivity contribution in [2.45, 2.75) is 31.3 Å². The smallest absolute Gasteiger partial charge is 0.227 e. The molecule has 1 aromatic carbocycles. The van der Waals surface area contributed by atoms with Crippen LogP contribution in [-0.4, -0.2) is 21.4 Å². The Labute approximate surface area is 128 Å². The molecule has 1 heterocycles. The number of rotatable bonds is 7. The summed E-state index contributed by atoms with van der Waals surface area (Å²) in [4.78, 5) is 11.9. The lowest BCUT2D eigenvalue weighted by Crippen LogP contribution is -2.13. The van der Waals surface area contributed by atoms with Gasteiger partial charge in [0.15, 0.2) is 0 Å². The van der Waals surface area contributed by atoms with Gasteiger partial charge in [0.1, 0.15) is 0 Å². The van der Waals surface area contributed by atoms with E-state index in [0.29, 0.717) is 12.6 Å². The number of aromatic nitrogens is 2. The number of carbonyl (C=O) groups excluding carboxylic acids is 1. The first-order chi connectivity index (χ1) is 10.1. The predicted octanol–water partition coefficient (Wildman–Crippen LogP) is 2.65. The van der Waals surface area contributed by atoms with Gasteiger partial charge in [0.2, 0.25) is 5.91 Å². The topological polar surface area (TPSA) is 72.9 Å². The Bertz CT molecular complexity index is 609.